The van der Waals surface area contributed by atoms with Gasteiger partial charge in [0, 0.05) is 19.3 Å². The minimum atomic E-state index is -0.654. The van der Waals surface area contributed by atoms with Gasteiger partial charge in [-0.25, -0.2) is 4.98 Å². The first-order chi connectivity index (χ1) is 9.25. The summed E-state index contributed by atoms with van der Waals surface area (Å²) in [5.41, 5.74) is 0.108. The van der Waals surface area contributed by atoms with Crippen LogP contribution < -0.4 is 0 Å². The molecular formula is C15H19FN2O. The van der Waals surface area contributed by atoms with Crippen LogP contribution in [0.3, 0.4) is 0 Å². The molecule has 4 heteroatoms. The molecule has 19 heavy (non-hydrogen) atoms. The summed E-state index contributed by atoms with van der Waals surface area (Å²) in [4.78, 5) is 17.7. The van der Waals surface area contributed by atoms with Crippen molar-refractivity contribution in [1.29, 1.82) is 0 Å². The molecule has 1 aliphatic heterocycles. The number of likely N-dealkylation sites (tertiary alicyclic amines) is 1. The van der Waals surface area contributed by atoms with Crippen LogP contribution in [0.4, 0.5) is 4.39 Å². The Morgan fingerprint density at radius 3 is 2.84 bits per heavy atom. The van der Waals surface area contributed by atoms with Crippen molar-refractivity contribution in [3.63, 3.8) is 0 Å². The highest BCUT2D eigenvalue weighted by Gasteiger charge is 2.33. The minimum Gasteiger partial charge on any atom is -0.338 e. The molecule has 2 aliphatic rings. The summed E-state index contributed by atoms with van der Waals surface area (Å²) in [6.45, 7) is 1.55. The van der Waals surface area contributed by atoms with Crippen LogP contribution in [0, 0.1) is 17.8 Å². The maximum Gasteiger partial charge on any atom is 0.258 e. The average Bonchev–Trinajstić information content (AvgIpc) is 2.46. The van der Waals surface area contributed by atoms with Crippen LogP contribution in [0.15, 0.2) is 18.3 Å². The Bertz CT molecular complexity index is 477. The number of amides is 1. The van der Waals surface area contributed by atoms with Crippen molar-refractivity contribution in [3.8, 4) is 0 Å². The standard InChI is InChI=1S/C15H19FN2O/c16-14-13(6-3-8-17-14)15(19)18-9-7-11-4-1-2-5-12(11)10-18/h3,6,8,11-12H,1-2,4-5,7,9-10H2. The number of nitrogens with zero attached hydrogens (tertiary/aromatic N) is 2. The van der Waals surface area contributed by atoms with Crippen molar-refractivity contribution in [3.05, 3.63) is 29.8 Å². The first-order valence-electron chi connectivity index (χ1n) is 7.15. The summed E-state index contributed by atoms with van der Waals surface area (Å²) in [6.07, 6.45) is 7.55. The molecule has 2 unspecified atom stereocenters. The van der Waals surface area contributed by atoms with E-state index in [2.05, 4.69) is 4.98 Å². The van der Waals surface area contributed by atoms with Gasteiger partial charge in [0.05, 0.1) is 5.56 Å². The number of piperidine rings is 1. The Balaban J connectivity index is 1.73. The Morgan fingerprint density at radius 1 is 1.26 bits per heavy atom. The van der Waals surface area contributed by atoms with Gasteiger partial charge >= 0.3 is 0 Å². The maximum atomic E-state index is 13.6. The lowest BCUT2D eigenvalue weighted by atomic mass is 9.75. The van der Waals surface area contributed by atoms with Crippen molar-refractivity contribution in [1.82, 2.24) is 9.88 Å². The predicted octanol–water partition coefficient (Wildman–Crippen LogP) is 2.87. The Kier molecular flexibility index (Phi) is 3.49. The van der Waals surface area contributed by atoms with Crippen molar-refractivity contribution < 1.29 is 9.18 Å². The summed E-state index contributed by atoms with van der Waals surface area (Å²) >= 11 is 0. The van der Waals surface area contributed by atoms with Crippen LogP contribution in [-0.2, 0) is 0 Å². The number of hydrogen-bond donors (Lipinski definition) is 0. The van der Waals surface area contributed by atoms with E-state index in [0.717, 1.165) is 25.4 Å². The second kappa shape index (κ2) is 5.27. The number of pyridine rings is 1. The zero-order valence-electron chi connectivity index (χ0n) is 11.0. The highest BCUT2D eigenvalue weighted by molar-refractivity contribution is 5.94. The monoisotopic (exact) mass is 262 g/mol. The van der Waals surface area contributed by atoms with E-state index in [0.29, 0.717) is 5.92 Å². The lowest BCUT2D eigenvalue weighted by Crippen LogP contribution is -2.45. The normalized spacial score (nSPS) is 26.9. The van der Waals surface area contributed by atoms with E-state index in [9.17, 15) is 9.18 Å². The van der Waals surface area contributed by atoms with Gasteiger partial charge in [-0.05, 0) is 36.8 Å². The van der Waals surface area contributed by atoms with Gasteiger partial charge in [-0.3, -0.25) is 4.79 Å². The molecule has 0 radical (unpaired) electrons. The summed E-state index contributed by atoms with van der Waals surface area (Å²) < 4.78 is 13.6. The molecule has 3 nitrogen and oxygen atoms in total. The first kappa shape index (κ1) is 12.6. The van der Waals surface area contributed by atoms with Crippen LogP contribution in [0.1, 0.15) is 42.5 Å². The Hall–Kier alpha value is -1.45. The largest absolute Gasteiger partial charge is 0.338 e. The highest BCUT2D eigenvalue weighted by atomic mass is 19.1. The van der Waals surface area contributed by atoms with E-state index in [4.69, 9.17) is 0 Å². The van der Waals surface area contributed by atoms with Gasteiger partial charge in [0.15, 0.2) is 0 Å². The molecule has 1 aromatic heterocycles. The number of halogens is 1. The fourth-order valence-electron chi connectivity index (χ4n) is 3.50. The van der Waals surface area contributed by atoms with Crippen molar-refractivity contribution in [2.24, 2.45) is 11.8 Å². The van der Waals surface area contributed by atoms with Crippen LogP contribution in [-0.4, -0.2) is 28.9 Å². The van der Waals surface area contributed by atoms with E-state index < -0.39 is 5.95 Å². The van der Waals surface area contributed by atoms with Gasteiger partial charge in [-0.2, -0.15) is 4.39 Å². The molecule has 0 aromatic carbocycles. The number of carbonyl (C=O) groups excluding carboxylic acids is 1. The summed E-state index contributed by atoms with van der Waals surface area (Å²) in [5.74, 6) is 0.538. The van der Waals surface area contributed by atoms with Crippen LogP contribution in [0.25, 0.3) is 0 Å². The smallest absolute Gasteiger partial charge is 0.258 e. The molecular weight excluding hydrogens is 243 g/mol. The molecule has 0 N–H and O–H groups in total. The van der Waals surface area contributed by atoms with Gasteiger partial charge in [0.25, 0.3) is 5.91 Å². The van der Waals surface area contributed by atoms with Gasteiger partial charge in [-0.1, -0.05) is 19.3 Å². The van der Waals surface area contributed by atoms with Gasteiger partial charge in [0.2, 0.25) is 5.95 Å². The number of rotatable bonds is 1. The molecule has 1 aliphatic carbocycles. The Labute approximate surface area is 112 Å². The predicted molar refractivity (Wildman–Crippen MR) is 70.2 cm³/mol. The number of fused-ring (bicyclic) bond motifs is 1. The van der Waals surface area contributed by atoms with Crippen LogP contribution in [0.5, 0.6) is 0 Å². The van der Waals surface area contributed by atoms with Crippen molar-refractivity contribution >= 4 is 5.91 Å². The molecule has 1 saturated carbocycles. The topological polar surface area (TPSA) is 33.2 Å². The fourth-order valence-corrected chi connectivity index (χ4v) is 3.50. The quantitative estimate of drug-likeness (QED) is 0.729. The second-order valence-electron chi connectivity index (χ2n) is 5.69. The van der Waals surface area contributed by atoms with Crippen LogP contribution >= 0.6 is 0 Å². The minimum absolute atomic E-state index is 0.108. The zero-order valence-corrected chi connectivity index (χ0v) is 11.0. The average molecular weight is 262 g/mol. The molecule has 1 amide bonds. The fraction of sp³-hybridized carbons (Fsp3) is 0.600. The van der Waals surface area contributed by atoms with Crippen molar-refractivity contribution in [2.75, 3.05) is 13.1 Å². The molecule has 1 aromatic rings. The number of hydrogen-bond acceptors (Lipinski definition) is 2. The molecule has 3 rings (SSSR count). The summed E-state index contributed by atoms with van der Waals surface area (Å²) in [7, 11) is 0. The molecule has 2 atom stereocenters. The first-order valence-corrected chi connectivity index (χ1v) is 7.15. The van der Waals surface area contributed by atoms with Gasteiger partial charge < -0.3 is 4.90 Å². The summed E-state index contributed by atoms with van der Waals surface area (Å²) in [5, 5.41) is 0. The van der Waals surface area contributed by atoms with E-state index in [1.807, 2.05) is 4.90 Å². The lowest BCUT2D eigenvalue weighted by molar-refractivity contribution is 0.0516. The second-order valence-corrected chi connectivity index (χ2v) is 5.69. The lowest BCUT2D eigenvalue weighted by Gasteiger charge is -2.41. The molecule has 0 spiro atoms. The molecule has 102 valence electrons. The van der Waals surface area contributed by atoms with Crippen LogP contribution in [0.2, 0.25) is 0 Å². The highest BCUT2D eigenvalue weighted by Crippen LogP contribution is 2.36. The maximum absolute atomic E-state index is 13.6. The number of carbonyl (C=O) groups is 1. The third kappa shape index (κ3) is 2.48. The molecule has 2 fully saturated rings. The van der Waals surface area contributed by atoms with Gasteiger partial charge in [0.1, 0.15) is 0 Å². The third-order valence-electron chi connectivity index (χ3n) is 4.57. The van der Waals surface area contributed by atoms with E-state index in [1.54, 1.807) is 6.07 Å². The van der Waals surface area contributed by atoms with E-state index >= 15 is 0 Å². The third-order valence-corrected chi connectivity index (χ3v) is 4.57. The molecule has 2 heterocycles. The van der Waals surface area contributed by atoms with Crippen molar-refractivity contribution in [2.45, 2.75) is 32.1 Å². The summed E-state index contributed by atoms with van der Waals surface area (Å²) in [6, 6.07) is 3.14. The number of aromatic nitrogens is 1. The zero-order chi connectivity index (χ0) is 13.2. The Morgan fingerprint density at radius 2 is 2.05 bits per heavy atom. The van der Waals surface area contributed by atoms with Gasteiger partial charge in [-0.15, -0.1) is 0 Å². The molecule has 0 bridgehead atoms. The SMILES string of the molecule is O=C(c1cccnc1F)N1CCC2CCCCC2C1. The molecule has 1 saturated heterocycles. The van der Waals surface area contributed by atoms with E-state index in [1.165, 1.54) is 37.9 Å². The van der Waals surface area contributed by atoms with E-state index in [-0.39, 0.29) is 11.5 Å².